The van der Waals surface area contributed by atoms with Crippen molar-refractivity contribution in [3.8, 4) is 6.07 Å². The van der Waals surface area contributed by atoms with Crippen LogP contribution in [0.5, 0.6) is 0 Å². The van der Waals surface area contributed by atoms with Crippen LogP contribution >= 0.6 is 0 Å². The number of rotatable bonds is 5. The lowest BCUT2D eigenvalue weighted by atomic mass is 9.77. The summed E-state index contributed by atoms with van der Waals surface area (Å²) in [6.45, 7) is 4.81. The van der Waals surface area contributed by atoms with Gasteiger partial charge in [-0.3, -0.25) is 0 Å². The SMILES string of the molecule is CCC(C#N)(CC)c1ccc(CCN)cc1. The van der Waals surface area contributed by atoms with Crippen molar-refractivity contribution >= 4 is 0 Å². The molecule has 0 bridgehead atoms. The fourth-order valence-corrected chi connectivity index (χ4v) is 2.04. The lowest BCUT2D eigenvalue weighted by Crippen LogP contribution is -2.21. The molecular weight excluding hydrogens is 196 g/mol. The lowest BCUT2D eigenvalue weighted by Gasteiger charge is -2.24. The number of nitriles is 1. The van der Waals surface area contributed by atoms with Gasteiger partial charge in [0.05, 0.1) is 11.5 Å². The van der Waals surface area contributed by atoms with E-state index < -0.39 is 0 Å². The molecule has 1 aromatic rings. The summed E-state index contributed by atoms with van der Waals surface area (Å²) in [4.78, 5) is 0. The number of hydrogen-bond donors (Lipinski definition) is 1. The first-order valence-corrected chi connectivity index (χ1v) is 5.93. The average Bonchev–Trinajstić information content (AvgIpc) is 2.34. The molecule has 2 N–H and O–H groups in total. The van der Waals surface area contributed by atoms with E-state index >= 15 is 0 Å². The van der Waals surface area contributed by atoms with Crippen LogP contribution in [0.2, 0.25) is 0 Å². The molecule has 0 radical (unpaired) electrons. The van der Waals surface area contributed by atoms with Crippen molar-refractivity contribution < 1.29 is 0 Å². The van der Waals surface area contributed by atoms with Crippen LogP contribution in [0, 0.1) is 11.3 Å². The van der Waals surface area contributed by atoms with Crippen molar-refractivity contribution in [2.75, 3.05) is 6.54 Å². The van der Waals surface area contributed by atoms with E-state index in [0.29, 0.717) is 6.54 Å². The molecule has 0 unspecified atom stereocenters. The molecule has 0 aromatic heterocycles. The first-order valence-electron chi connectivity index (χ1n) is 5.93. The molecule has 86 valence electrons. The Morgan fingerprint density at radius 2 is 1.75 bits per heavy atom. The molecule has 0 aliphatic rings. The highest BCUT2D eigenvalue weighted by Gasteiger charge is 2.27. The molecule has 2 heteroatoms. The van der Waals surface area contributed by atoms with E-state index in [1.54, 1.807) is 0 Å². The fourth-order valence-electron chi connectivity index (χ4n) is 2.04. The highest BCUT2D eigenvalue weighted by Crippen LogP contribution is 2.30. The molecule has 0 fully saturated rings. The maximum absolute atomic E-state index is 9.33. The minimum atomic E-state index is -0.318. The van der Waals surface area contributed by atoms with Gasteiger partial charge in [-0.1, -0.05) is 38.1 Å². The van der Waals surface area contributed by atoms with Crippen LogP contribution in [0.1, 0.15) is 37.8 Å². The zero-order valence-electron chi connectivity index (χ0n) is 10.2. The second kappa shape index (κ2) is 5.67. The Kier molecular flexibility index (Phi) is 4.52. The molecule has 0 atom stereocenters. The van der Waals surface area contributed by atoms with Gasteiger partial charge in [-0.2, -0.15) is 5.26 Å². The molecule has 2 nitrogen and oxygen atoms in total. The first kappa shape index (κ1) is 12.7. The molecule has 0 spiro atoms. The average molecular weight is 216 g/mol. The van der Waals surface area contributed by atoms with Gasteiger partial charge in [-0.05, 0) is 36.9 Å². The van der Waals surface area contributed by atoms with E-state index in [-0.39, 0.29) is 5.41 Å². The summed E-state index contributed by atoms with van der Waals surface area (Å²) >= 11 is 0. The number of nitrogens with zero attached hydrogens (tertiary/aromatic N) is 1. The van der Waals surface area contributed by atoms with Gasteiger partial charge in [-0.15, -0.1) is 0 Å². The van der Waals surface area contributed by atoms with Crippen LogP contribution in [0.4, 0.5) is 0 Å². The van der Waals surface area contributed by atoms with Gasteiger partial charge in [0, 0.05) is 0 Å². The minimum absolute atomic E-state index is 0.318. The van der Waals surface area contributed by atoms with Crippen LogP contribution < -0.4 is 5.73 Å². The van der Waals surface area contributed by atoms with Crippen molar-refractivity contribution in [2.45, 2.75) is 38.5 Å². The normalized spacial score (nSPS) is 11.1. The van der Waals surface area contributed by atoms with Crippen LogP contribution in [-0.2, 0) is 11.8 Å². The smallest absolute Gasteiger partial charge is 0.0817 e. The Labute approximate surface area is 98.1 Å². The second-order valence-corrected chi connectivity index (χ2v) is 4.14. The van der Waals surface area contributed by atoms with Gasteiger partial charge in [0.2, 0.25) is 0 Å². The highest BCUT2D eigenvalue weighted by atomic mass is 14.5. The fraction of sp³-hybridized carbons (Fsp3) is 0.500. The summed E-state index contributed by atoms with van der Waals surface area (Å²) in [6, 6.07) is 10.8. The van der Waals surface area contributed by atoms with Crippen molar-refractivity contribution in [3.05, 3.63) is 35.4 Å². The molecule has 0 aliphatic carbocycles. The maximum Gasteiger partial charge on any atom is 0.0817 e. The minimum Gasteiger partial charge on any atom is -0.330 e. The van der Waals surface area contributed by atoms with Crippen molar-refractivity contribution in [3.63, 3.8) is 0 Å². The third kappa shape index (κ3) is 2.43. The summed E-state index contributed by atoms with van der Waals surface area (Å²) < 4.78 is 0. The molecule has 0 amide bonds. The van der Waals surface area contributed by atoms with E-state index in [1.807, 2.05) is 0 Å². The number of nitrogens with two attached hydrogens (primary N) is 1. The van der Waals surface area contributed by atoms with Gasteiger partial charge < -0.3 is 5.73 Å². The second-order valence-electron chi connectivity index (χ2n) is 4.14. The summed E-state index contributed by atoms with van der Waals surface area (Å²) in [5.41, 5.74) is 7.56. The van der Waals surface area contributed by atoms with Crippen LogP contribution in [0.3, 0.4) is 0 Å². The molecule has 0 saturated carbocycles. The van der Waals surface area contributed by atoms with Crippen molar-refractivity contribution in [1.29, 1.82) is 5.26 Å². The zero-order chi connectivity index (χ0) is 12.0. The molecule has 1 rings (SSSR count). The summed E-state index contributed by atoms with van der Waals surface area (Å²) in [5.74, 6) is 0. The van der Waals surface area contributed by atoms with E-state index in [9.17, 15) is 5.26 Å². The standard InChI is InChI=1S/C14H20N2/c1-3-14(4-2,11-16)13-7-5-12(6-8-13)9-10-15/h5-8H,3-4,9-10,15H2,1-2H3. The third-order valence-corrected chi connectivity index (χ3v) is 3.36. The van der Waals surface area contributed by atoms with Crippen molar-refractivity contribution in [1.82, 2.24) is 0 Å². The van der Waals surface area contributed by atoms with Gasteiger partial charge in [-0.25, -0.2) is 0 Å². The number of hydrogen-bond acceptors (Lipinski definition) is 2. The van der Waals surface area contributed by atoms with Gasteiger partial charge in [0.25, 0.3) is 0 Å². The van der Waals surface area contributed by atoms with Gasteiger partial charge >= 0.3 is 0 Å². The number of benzene rings is 1. The van der Waals surface area contributed by atoms with Gasteiger partial charge in [0.15, 0.2) is 0 Å². The van der Waals surface area contributed by atoms with E-state index in [0.717, 1.165) is 24.8 Å². The Hall–Kier alpha value is -1.33. The summed E-state index contributed by atoms with van der Waals surface area (Å²) in [5, 5.41) is 9.33. The van der Waals surface area contributed by atoms with Crippen LogP contribution in [0.15, 0.2) is 24.3 Å². The topological polar surface area (TPSA) is 49.8 Å². The third-order valence-electron chi connectivity index (χ3n) is 3.36. The highest BCUT2D eigenvalue weighted by molar-refractivity contribution is 5.34. The molecule has 0 heterocycles. The quantitative estimate of drug-likeness (QED) is 0.822. The Morgan fingerprint density at radius 1 is 1.19 bits per heavy atom. The lowest BCUT2D eigenvalue weighted by molar-refractivity contribution is 0.511. The molecule has 1 aromatic carbocycles. The molecule has 0 aliphatic heterocycles. The largest absolute Gasteiger partial charge is 0.330 e. The van der Waals surface area contributed by atoms with E-state index in [2.05, 4.69) is 44.2 Å². The predicted octanol–water partition coefficient (Wildman–Crippen LogP) is 2.77. The Bertz CT molecular complexity index is 355. The van der Waals surface area contributed by atoms with Crippen LogP contribution in [0.25, 0.3) is 0 Å². The van der Waals surface area contributed by atoms with Crippen LogP contribution in [-0.4, -0.2) is 6.54 Å². The molecule has 16 heavy (non-hydrogen) atoms. The molecular formula is C14H20N2. The first-order chi connectivity index (χ1) is 7.72. The molecule has 0 saturated heterocycles. The Morgan fingerprint density at radius 3 is 2.12 bits per heavy atom. The summed E-state index contributed by atoms with van der Waals surface area (Å²) in [7, 11) is 0. The predicted molar refractivity (Wildman–Crippen MR) is 67.1 cm³/mol. The zero-order valence-corrected chi connectivity index (χ0v) is 10.2. The van der Waals surface area contributed by atoms with Crippen molar-refractivity contribution in [2.24, 2.45) is 5.73 Å². The Balaban J connectivity index is 3.00. The van der Waals surface area contributed by atoms with E-state index in [1.165, 1.54) is 5.56 Å². The maximum atomic E-state index is 9.33. The summed E-state index contributed by atoms with van der Waals surface area (Å²) in [6.07, 6.45) is 2.62. The monoisotopic (exact) mass is 216 g/mol. The van der Waals surface area contributed by atoms with E-state index in [4.69, 9.17) is 5.73 Å². The van der Waals surface area contributed by atoms with Gasteiger partial charge in [0.1, 0.15) is 0 Å².